The van der Waals surface area contributed by atoms with Crippen molar-refractivity contribution in [2.45, 2.75) is 44.9 Å². The number of carbonyl (C=O) groups excluding carboxylic acids is 1. The number of ether oxygens (including phenoxy) is 1. The predicted octanol–water partition coefficient (Wildman–Crippen LogP) is 2.31. The number of nitrogens with two attached hydrogens (primary N) is 1. The topological polar surface area (TPSA) is 82.2 Å². The minimum Gasteiger partial charge on any atom is -0.364 e. The fourth-order valence-corrected chi connectivity index (χ4v) is 2.88. The molecule has 1 aromatic carbocycles. The predicted molar refractivity (Wildman–Crippen MR) is 92.9 cm³/mol. The smallest absolute Gasteiger partial charge is 0.255 e. The van der Waals surface area contributed by atoms with Gasteiger partial charge in [-0.2, -0.15) is 0 Å². The zero-order valence-electron chi connectivity index (χ0n) is 13.2. The molecule has 0 unspecified atom stereocenters. The van der Waals surface area contributed by atoms with E-state index in [-0.39, 0.29) is 24.4 Å². The van der Waals surface area contributed by atoms with Crippen molar-refractivity contribution < 1.29 is 9.53 Å². The molecule has 2 atom stereocenters. The molecule has 3 N–H and O–H groups in total. The van der Waals surface area contributed by atoms with E-state index < -0.39 is 6.10 Å². The third kappa shape index (κ3) is 3.65. The number of hydrogen-bond donors (Lipinski definition) is 2. The second-order valence-corrected chi connectivity index (χ2v) is 5.62. The van der Waals surface area contributed by atoms with Gasteiger partial charge in [-0.1, -0.05) is 19.1 Å². The molecule has 2 heterocycles. The summed E-state index contributed by atoms with van der Waals surface area (Å²) >= 11 is 0. The van der Waals surface area contributed by atoms with Crippen molar-refractivity contribution in [1.29, 1.82) is 0 Å². The van der Waals surface area contributed by atoms with Crippen LogP contribution in [0, 0.1) is 0 Å². The van der Waals surface area contributed by atoms with E-state index in [9.17, 15) is 4.79 Å². The summed E-state index contributed by atoms with van der Waals surface area (Å²) in [6, 6.07) is 7.90. The molecule has 0 spiro atoms. The summed E-state index contributed by atoms with van der Waals surface area (Å²) in [6.45, 7) is 3.37. The molecule has 0 bridgehead atoms. The summed E-state index contributed by atoms with van der Waals surface area (Å²) in [5, 5.41) is 2.92. The highest BCUT2D eigenvalue weighted by molar-refractivity contribution is 5.94. The molecule has 1 aromatic heterocycles. The Bertz CT molecular complexity index is 673. The van der Waals surface area contributed by atoms with Gasteiger partial charge in [-0.3, -0.25) is 10.1 Å². The summed E-state index contributed by atoms with van der Waals surface area (Å²) in [7, 11) is 0. The molecule has 126 valence electrons. The number of anilines is 1. The van der Waals surface area contributed by atoms with Crippen LogP contribution < -0.4 is 11.1 Å². The van der Waals surface area contributed by atoms with Gasteiger partial charge in [-0.15, -0.1) is 12.4 Å². The molecule has 1 aliphatic rings. The second kappa shape index (κ2) is 7.77. The van der Waals surface area contributed by atoms with Crippen molar-refractivity contribution >= 4 is 35.3 Å². The van der Waals surface area contributed by atoms with Crippen molar-refractivity contribution in [2.24, 2.45) is 5.73 Å². The maximum Gasteiger partial charge on any atom is 0.255 e. The van der Waals surface area contributed by atoms with Crippen LogP contribution in [0.25, 0.3) is 11.0 Å². The standard InChI is InChI=1S/C16H22N4O2.ClH/c1-2-9-20-13-6-4-3-5-12(13)18-16(20)19-15(21)14-8-7-11(10-17)22-14;/h3-6,11,14H,2,7-10,17H2,1H3,(H,18,19,21);1H/t11-,14+;/m1./s1. The van der Waals surface area contributed by atoms with E-state index in [1.165, 1.54) is 0 Å². The number of rotatable bonds is 5. The lowest BCUT2D eigenvalue weighted by atomic mass is 10.2. The Morgan fingerprint density at radius 1 is 1.43 bits per heavy atom. The van der Waals surface area contributed by atoms with E-state index in [1.807, 2.05) is 28.8 Å². The maximum atomic E-state index is 12.4. The summed E-state index contributed by atoms with van der Waals surface area (Å²) in [5.74, 6) is 0.455. The van der Waals surface area contributed by atoms with Gasteiger partial charge in [0.2, 0.25) is 5.95 Å². The minimum absolute atomic E-state index is 0. The second-order valence-electron chi connectivity index (χ2n) is 5.62. The lowest BCUT2D eigenvalue weighted by Gasteiger charge is -2.13. The lowest BCUT2D eigenvalue weighted by Crippen LogP contribution is -2.30. The highest BCUT2D eigenvalue weighted by Gasteiger charge is 2.30. The average Bonchev–Trinajstić information content (AvgIpc) is 3.13. The maximum absolute atomic E-state index is 12.4. The van der Waals surface area contributed by atoms with Crippen LogP contribution in [0.15, 0.2) is 24.3 Å². The highest BCUT2D eigenvalue weighted by atomic mass is 35.5. The van der Waals surface area contributed by atoms with Crippen LogP contribution in [-0.2, 0) is 16.1 Å². The number of hydrogen-bond acceptors (Lipinski definition) is 4. The van der Waals surface area contributed by atoms with Crippen molar-refractivity contribution in [3.05, 3.63) is 24.3 Å². The third-order valence-corrected chi connectivity index (χ3v) is 4.00. The van der Waals surface area contributed by atoms with E-state index in [0.29, 0.717) is 18.9 Å². The summed E-state index contributed by atoms with van der Waals surface area (Å²) in [6.07, 6.45) is 2.08. The molecule has 0 aliphatic carbocycles. The molecule has 23 heavy (non-hydrogen) atoms. The van der Waals surface area contributed by atoms with Gasteiger partial charge in [0, 0.05) is 13.1 Å². The molecule has 7 heteroatoms. The van der Waals surface area contributed by atoms with E-state index in [2.05, 4.69) is 17.2 Å². The first-order valence-electron chi connectivity index (χ1n) is 7.84. The zero-order valence-corrected chi connectivity index (χ0v) is 14.0. The van der Waals surface area contributed by atoms with Gasteiger partial charge in [0.15, 0.2) is 0 Å². The molecular weight excluding hydrogens is 316 g/mol. The normalized spacial score (nSPS) is 20.4. The minimum atomic E-state index is -0.427. The van der Waals surface area contributed by atoms with Crippen LogP contribution in [0.1, 0.15) is 26.2 Å². The highest BCUT2D eigenvalue weighted by Crippen LogP contribution is 2.23. The van der Waals surface area contributed by atoms with Gasteiger partial charge < -0.3 is 15.0 Å². The first kappa shape index (κ1) is 17.7. The molecule has 2 aromatic rings. The van der Waals surface area contributed by atoms with Crippen molar-refractivity contribution in [1.82, 2.24) is 9.55 Å². The van der Waals surface area contributed by atoms with Gasteiger partial charge in [0.05, 0.1) is 17.1 Å². The summed E-state index contributed by atoms with van der Waals surface area (Å²) < 4.78 is 7.69. The van der Waals surface area contributed by atoms with E-state index in [0.717, 1.165) is 30.4 Å². The van der Waals surface area contributed by atoms with E-state index in [1.54, 1.807) is 0 Å². The van der Waals surface area contributed by atoms with Gasteiger partial charge in [0.1, 0.15) is 6.10 Å². The number of aryl methyl sites for hydroxylation is 1. The Balaban J connectivity index is 0.00000192. The number of halogens is 1. The molecule has 1 amide bonds. The SMILES string of the molecule is CCCn1c(NC(=O)[C@@H]2CC[C@H](CN)O2)nc2ccccc21.Cl. The third-order valence-electron chi connectivity index (χ3n) is 4.00. The van der Waals surface area contributed by atoms with Gasteiger partial charge >= 0.3 is 0 Å². The molecule has 3 rings (SSSR count). The first-order chi connectivity index (χ1) is 10.7. The first-order valence-corrected chi connectivity index (χ1v) is 7.84. The molecule has 1 aliphatic heterocycles. The lowest BCUT2D eigenvalue weighted by molar-refractivity contribution is -0.126. The molecule has 1 fully saturated rings. The number of imidazole rings is 1. The molecule has 6 nitrogen and oxygen atoms in total. The zero-order chi connectivity index (χ0) is 15.5. The Labute approximate surface area is 141 Å². The van der Waals surface area contributed by atoms with Gasteiger partial charge in [-0.25, -0.2) is 4.98 Å². The number of nitrogens with one attached hydrogen (secondary N) is 1. The molecule has 1 saturated heterocycles. The van der Waals surface area contributed by atoms with Gasteiger partial charge in [0.25, 0.3) is 5.91 Å². The number of fused-ring (bicyclic) bond motifs is 1. The van der Waals surface area contributed by atoms with Crippen LogP contribution in [0.3, 0.4) is 0 Å². The Kier molecular flexibility index (Phi) is 5.98. The number of amides is 1. The Morgan fingerprint density at radius 2 is 2.22 bits per heavy atom. The van der Waals surface area contributed by atoms with Crippen molar-refractivity contribution in [3.8, 4) is 0 Å². The van der Waals surface area contributed by atoms with Crippen molar-refractivity contribution in [3.63, 3.8) is 0 Å². The van der Waals surface area contributed by atoms with Crippen LogP contribution in [0.4, 0.5) is 5.95 Å². The molecular formula is C16H23ClN4O2. The number of para-hydroxylation sites is 2. The number of nitrogens with zero attached hydrogens (tertiary/aromatic N) is 2. The largest absolute Gasteiger partial charge is 0.364 e. The average molecular weight is 339 g/mol. The molecule has 0 saturated carbocycles. The van der Waals surface area contributed by atoms with Crippen LogP contribution in [0.2, 0.25) is 0 Å². The number of carbonyl (C=O) groups is 1. The van der Waals surface area contributed by atoms with Crippen LogP contribution in [-0.4, -0.2) is 34.2 Å². The monoisotopic (exact) mass is 338 g/mol. The van der Waals surface area contributed by atoms with E-state index in [4.69, 9.17) is 10.5 Å². The molecule has 0 radical (unpaired) electrons. The summed E-state index contributed by atoms with van der Waals surface area (Å²) in [5.41, 5.74) is 7.51. The van der Waals surface area contributed by atoms with Crippen LogP contribution in [0.5, 0.6) is 0 Å². The van der Waals surface area contributed by atoms with Gasteiger partial charge in [-0.05, 0) is 31.4 Å². The van der Waals surface area contributed by atoms with Crippen LogP contribution >= 0.6 is 12.4 Å². The van der Waals surface area contributed by atoms with Crippen molar-refractivity contribution in [2.75, 3.05) is 11.9 Å². The fourth-order valence-electron chi connectivity index (χ4n) is 2.88. The fraction of sp³-hybridized carbons (Fsp3) is 0.500. The summed E-state index contributed by atoms with van der Waals surface area (Å²) in [4.78, 5) is 16.9. The van der Waals surface area contributed by atoms with E-state index >= 15 is 0 Å². The Morgan fingerprint density at radius 3 is 2.91 bits per heavy atom. The Hall–Kier alpha value is -1.63. The number of aromatic nitrogens is 2. The quantitative estimate of drug-likeness (QED) is 0.876. The number of benzene rings is 1.